The van der Waals surface area contributed by atoms with Crippen LogP contribution in [0.5, 0.6) is 0 Å². The maximum atomic E-state index is 5.69. The number of nitrogens with one attached hydrogen (secondary N) is 1. The number of thiophene rings is 1. The predicted molar refractivity (Wildman–Crippen MR) is 58.3 cm³/mol. The smallest absolute Gasteiger partial charge is 0.104 e. The predicted octanol–water partition coefficient (Wildman–Crippen LogP) is 2.34. The number of likely N-dealkylation sites (N-methyl/N-ethyl adjacent to an activating group) is 1. The van der Waals surface area contributed by atoms with Crippen LogP contribution in [-0.2, 0) is 11.2 Å². The number of hydrogen-bond acceptors (Lipinski definition) is 3. The maximum Gasteiger partial charge on any atom is 0.104 e. The molecule has 0 amide bonds. The number of halogens is 1. The Morgan fingerprint density at radius 2 is 2.62 bits per heavy atom. The van der Waals surface area contributed by atoms with Gasteiger partial charge in [-0.15, -0.1) is 11.3 Å². The molecule has 1 aromatic heterocycles. The molecule has 2 rings (SSSR count). The van der Waals surface area contributed by atoms with Crippen molar-refractivity contribution in [2.24, 2.45) is 0 Å². The summed E-state index contributed by atoms with van der Waals surface area (Å²) in [6.45, 7) is 1.75. The van der Waals surface area contributed by atoms with Gasteiger partial charge >= 0.3 is 0 Å². The molecule has 0 saturated carbocycles. The van der Waals surface area contributed by atoms with Crippen molar-refractivity contribution >= 4 is 27.3 Å². The van der Waals surface area contributed by atoms with Gasteiger partial charge in [0.25, 0.3) is 0 Å². The average Bonchev–Trinajstić information content (AvgIpc) is 2.47. The summed E-state index contributed by atoms with van der Waals surface area (Å²) in [6.07, 6.45) is 1.31. The molecular formula is C9H12BrNOS. The second-order valence-corrected chi connectivity index (χ2v) is 5.57. The van der Waals surface area contributed by atoms with Crippen molar-refractivity contribution in [3.05, 3.63) is 20.3 Å². The van der Waals surface area contributed by atoms with Crippen LogP contribution in [0.25, 0.3) is 0 Å². The van der Waals surface area contributed by atoms with Crippen molar-refractivity contribution in [3.8, 4) is 0 Å². The minimum atomic E-state index is 0.255. The zero-order chi connectivity index (χ0) is 9.26. The molecule has 0 aliphatic carbocycles. The normalized spacial score (nSPS) is 21.5. The van der Waals surface area contributed by atoms with Gasteiger partial charge in [-0.2, -0.15) is 0 Å². The van der Waals surface area contributed by atoms with E-state index in [1.165, 1.54) is 14.2 Å². The van der Waals surface area contributed by atoms with Crippen molar-refractivity contribution in [1.82, 2.24) is 5.32 Å². The van der Waals surface area contributed by atoms with Crippen LogP contribution in [0.2, 0.25) is 0 Å². The summed E-state index contributed by atoms with van der Waals surface area (Å²) in [7, 11) is 1.96. The average molecular weight is 262 g/mol. The lowest BCUT2D eigenvalue weighted by Gasteiger charge is -2.22. The van der Waals surface area contributed by atoms with Crippen molar-refractivity contribution in [2.75, 3.05) is 20.2 Å². The SMILES string of the molecule is CNC[C@@H]1OCCc2cc(Br)sc21. The number of ether oxygens (including phenoxy) is 1. The molecular weight excluding hydrogens is 250 g/mol. The van der Waals surface area contributed by atoms with E-state index in [4.69, 9.17) is 4.74 Å². The van der Waals surface area contributed by atoms with Gasteiger partial charge in [0, 0.05) is 11.4 Å². The van der Waals surface area contributed by atoms with Crippen molar-refractivity contribution in [1.29, 1.82) is 0 Å². The Labute approximate surface area is 90.4 Å². The van der Waals surface area contributed by atoms with E-state index < -0.39 is 0 Å². The molecule has 1 N–H and O–H groups in total. The van der Waals surface area contributed by atoms with E-state index in [0.29, 0.717) is 0 Å². The number of rotatable bonds is 2. The molecule has 2 heterocycles. The first-order valence-corrected chi connectivity index (χ1v) is 5.96. The van der Waals surface area contributed by atoms with E-state index in [1.54, 1.807) is 11.3 Å². The van der Waals surface area contributed by atoms with Gasteiger partial charge in [-0.25, -0.2) is 0 Å². The minimum absolute atomic E-state index is 0.255. The second kappa shape index (κ2) is 4.09. The molecule has 0 radical (unpaired) electrons. The van der Waals surface area contributed by atoms with Crippen LogP contribution in [0.1, 0.15) is 16.5 Å². The summed E-state index contributed by atoms with van der Waals surface area (Å²) in [6, 6.07) is 2.21. The third kappa shape index (κ3) is 1.96. The molecule has 0 aromatic carbocycles. The zero-order valence-corrected chi connectivity index (χ0v) is 9.87. The summed E-state index contributed by atoms with van der Waals surface area (Å²) in [5.74, 6) is 0. The molecule has 72 valence electrons. The maximum absolute atomic E-state index is 5.69. The molecule has 0 fully saturated rings. The van der Waals surface area contributed by atoms with Crippen molar-refractivity contribution < 1.29 is 4.74 Å². The Kier molecular flexibility index (Phi) is 3.03. The summed E-state index contributed by atoms with van der Waals surface area (Å²) in [5, 5.41) is 3.15. The Balaban J connectivity index is 2.25. The fraction of sp³-hybridized carbons (Fsp3) is 0.556. The molecule has 1 aliphatic heterocycles. The molecule has 0 spiro atoms. The number of hydrogen-bond donors (Lipinski definition) is 1. The zero-order valence-electron chi connectivity index (χ0n) is 7.47. The van der Waals surface area contributed by atoms with Gasteiger partial charge in [0.05, 0.1) is 10.4 Å². The Hall–Kier alpha value is 0.1000. The van der Waals surface area contributed by atoms with Gasteiger partial charge in [-0.3, -0.25) is 0 Å². The Bertz CT molecular complexity index is 300. The topological polar surface area (TPSA) is 21.3 Å². The lowest BCUT2D eigenvalue weighted by Crippen LogP contribution is -2.23. The van der Waals surface area contributed by atoms with E-state index in [9.17, 15) is 0 Å². The van der Waals surface area contributed by atoms with E-state index in [-0.39, 0.29) is 6.10 Å². The largest absolute Gasteiger partial charge is 0.371 e. The van der Waals surface area contributed by atoms with Crippen LogP contribution >= 0.6 is 27.3 Å². The fourth-order valence-electron chi connectivity index (χ4n) is 1.60. The van der Waals surface area contributed by atoms with Gasteiger partial charge in [-0.05, 0) is 41.0 Å². The molecule has 1 aliphatic rings. The van der Waals surface area contributed by atoms with E-state index in [0.717, 1.165) is 19.6 Å². The lowest BCUT2D eigenvalue weighted by atomic mass is 10.1. The first-order chi connectivity index (χ1) is 6.31. The highest BCUT2D eigenvalue weighted by Crippen LogP contribution is 2.36. The molecule has 0 saturated heterocycles. The summed E-state index contributed by atoms with van der Waals surface area (Å²) >= 11 is 5.30. The molecule has 0 bridgehead atoms. The molecule has 0 unspecified atom stereocenters. The summed E-state index contributed by atoms with van der Waals surface area (Å²) < 4.78 is 6.90. The first kappa shape index (κ1) is 9.65. The van der Waals surface area contributed by atoms with Gasteiger partial charge < -0.3 is 10.1 Å². The minimum Gasteiger partial charge on any atom is -0.371 e. The highest BCUT2D eigenvalue weighted by Gasteiger charge is 2.22. The highest BCUT2D eigenvalue weighted by molar-refractivity contribution is 9.11. The van der Waals surface area contributed by atoms with Crippen LogP contribution in [0, 0.1) is 0 Å². The quantitative estimate of drug-likeness (QED) is 0.883. The molecule has 1 aromatic rings. The van der Waals surface area contributed by atoms with Crippen LogP contribution < -0.4 is 5.32 Å². The molecule has 2 nitrogen and oxygen atoms in total. The Morgan fingerprint density at radius 3 is 3.38 bits per heavy atom. The molecule has 13 heavy (non-hydrogen) atoms. The van der Waals surface area contributed by atoms with Crippen molar-refractivity contribution in [2.45, 2.75) is 12.5 Å². The van der Waals surface area contributed by atoms with Crippen LogP contribution in [0.4, 0.5) is 0 Å². The van der Waals surface area contributed by atoms with Crippen LogP contribution in [0.15, 0.2) is 9.85 Å². The van der Waals surface area contributed by atoms with Crippen molar-refractivity contribution in [3.63, 3.8) is 0 Å². The van der Waals surface area contributed by atoms with E-state index in [1.807, 2.05) is 7.05 Å². The van der Waals surface area contributed by atoms with Gasteiger partial charge in [0.1, 0.15) is 6.10 Å². The first-order valence-electron chi connectivity index (χ1n) is 4.35. The standard InChI is InChI=1S/C9H12BrNOS/c1-11-5-7-9-6(2-3-12-7)4-8(10)13-9/h4,7,11H,2-3,5H2,1H3/t7-/m0/s1. The fourth-order valence-corrected chi connectivity index (χ4v) is 3.39. The Morgan fingerprint density at radius 1 is 1.77 bits per heavy atom. The van der Waals surface area contributed by atoms with Crippen LogP contribution in [0.3, 0.4) is 0 Å². The lowest BCUT2D eigenvalue weighted by molar-refractivity contribution is 0.0469. The van der Waals surface area contributed by atoms with Gasteiger partial charge in [0.2, 0.25) is 0 Å². The molecule has 1 atom stereocenters. The third-order valence-electron chi connectivity index (χ3n) is 2.18. The molecule has 4 heteroatoms. The van der Waals surface area contributed by atoms with Gasteiger partial charge in [0.15, 0.2) is 0 Å². The summed E-state index contributed by atoms with van der Waals surface area (Å²) in [5.41, 5.74) is 1.45. The van der Waals surface area contributed by atoms with E-state index >= 15 is 0 Å². The van der Waals surface area contributed by atoms with E-state index in [2.05, 4.69) is 27.3 Å². The summed E-state index contributed by atoms with van der Waals surface area (Å²) in [4.78, 5) is 1.38. The monoisotopic (exact) mass is 261 g/mol. The highest BCUT2D eigenvalue weighted by atomic mass is 79.9. The van der Waals surface area contributed by atoms with Crippen LogP contribution in [-0.4, -0.2) is 20.2 Å². The number of fused-ring (bicyclic) bond motifs is 1. The second-order valence-electron chi connectivity index (χ2n) is 3.11. The van der Waals surface area contributed by atoms with Gasteiger partial charge in [-0.1, -0.05) is 0 Å². The third-order valence-corrected chi connectivity index (χ3v) is 3.96.